The molecule has 10 heteroatoms. The van der Waals surface area contributed by atoms with E-state index >= 15 is 0 Å². The average Bonchev–Trinajstić information content (AvgIpc) is 3.16. The summed E-state index contributed by atoms with van der Waals surface area (Å²) in [5.41, 5.74) is -1.04. The fraction of sp³-hybridized carbons (Fsp3) is 0.167. The van der Waals surface area contributed by atoms with Crippen LogP contribution in [0.2, 0.25) is 0 Å². The smallest absolute Gasteiger partial charge is 0.256 e. The summed E-state index contributed by atoms with van der Waals surface area (Å²) in [5, 5.41) is 0.782. The van der Waals surface area contributed by atoms with Gasteiger partial charge in [0.2, 0.25) is 10.0 Å². The average molecular weight is 512 g/mol. The topological polar surface area (TPSA) is 37.4 Å². The molecular weight excluding hydrogens is 493 g/mol. The first-order valence-electron chi connectivity index (χ1n) is 10.2. The van der Waals surface area contributed by atoms with Crippen LogP contribution >= 0.6 is 11.3 Å². The molecule has 1 heterocycles. The van der Waals surface area contributed by atoms with Gasteiger partial charge in [-0.15, -0.1) is 11.3 Å². The lowest BCUT2D eigenvalue weighted by Crippen LogP contribution is -2.31. The molecule has 3 nitrogen and oxygen atoms in total. The monoisotopic (exact) mass is 511 g/mol. The van der Waals surface area contributed by atoms with E-state index in [0.29, 0.717) is 27.8 Å². The zero-order chi connectivity index (χ0) is 24.7. The van der Waals surface area contributed by atoms with Crippen molar-refractivity contribution in [2.75, 3.05) is 10.1 Å². The lowest BCUT2D eigenvalue weighted by atomic mass is 10.0. The van der Waals surface area contributed by atoms with Gasteiger partial charge in [-0.2, -0.15) is 13.2 Å². The van der Waals surface area contributed by atoms with Crippen LogP contribution in [0.3, 0.4) is 0 Å². The molecule has 0 aliphatic rings. The Kier molecular flexibility index (Phi) is 6.39. The number of nitrogens with zero attached hydrogens (tertiary/aromatic N) is 1. The van der Waals surface area contributed by atoms with Crippen LogP contribution in [-0.2, 0) is 22.7 Å². The van der Waals surface area contributed by atoms with Gasteiger partial charge < -0.3 is 0 Å². The second-order valence-corrected chi connectivity index (χ2v) is 10.7. The van der Waals surface area contributed by atoms with Gasteiger partial charge >= 0.3 is 6.18 Å². The van der Waals surface area contributed by atoms with E-state index in [-0.39, 0.29) is 21.9 Å². The molecule has 0 bridgehead atoms. The molecule has 1 aromatic heterocycles. The number of hydrogen-bond acceptors (Lipinski definition) is 3. The molecule has 0 unspecified atom stereocenters. The second-order valence-electron chi connectivity index (χ2n) is 7.48. The number of fused-ring (bicyclic) bond motifs is 1. The minimum absolute atomic E-state index is 0.0531. The van der Waals surface area contributed by atoms with Crippen molar-refractivity contribution in [3.8, 4) is 11.1 Å². The summed E-state index contributed by atoms with van der Waals surface area (Å²) in [6.45, 7) is 0.929. The summed E-state index contributed by atoms with van der Waals surface area (Å²) in [4.78, 5) is 0. The third kappa shape index (κ3) is 4.52. The number of halogens is 5. The first-order chi connectivity index (χ1) is 16.0. The second kappa shape index (κ2) is 8.99. The van der Waals surface area contributed by atoms with E-state index in [1.54, 1.807) is 30.3 Å². The highest BCUT2D eigenvalue weighted by Gasteiger charge is 2.35. The van der Waals surface area contributed by atoms with Gasteiger partial charge in [0.1, 0.15) is 16.6 Å². The van der Waals surface area contributed by atoms with E-state index in [2.05, 4.69) is 0 Å². The van der Waals surface area contributed by atoms with Gasteiger partial charge in [-0.25, -0.2) is 17.2 Å². The van der Waals surface area contributed by atoms with Crippen LogP contribution in [0.5, 0.6) is 0 Å². The third-order valence-corrected chi connectivity index (χ3v) is 8.33. The maximum atomic E-state index is 14.8. The Morgan fingerprint density at radius 1 is 0.912 bits per heavy atom. The molecule has 178 valence electrons. The molecule has 0 radical (unpaired) electrons. The molecule has 0 saturated heterocycles. The minimum Gasteiger partial charge on any atom is -0.256 e. The highest BCUT2D eigenvalue weighted by molar-refractivity contribution is 7.92. The van der Waals surface area contributed by atoms with Crippen LogP contribution in [0.15, 0.2) is 66.7 Å². The molecule has 0 spiro atoms. The molecule has 0 fully saturated rings. The molecule has 34 heavy (non-hydrogen) atoms. The molecule has 0 aliphatic carbocycles. The van der Waals surface area contributed by atoms with Crippen LogP contribution in [-0.4, -0.2) is 14.2 Å². The molecular formula is C24H18F5NO2S2. The first-order valence-corrected chi connectivity index (χ1v) is 12.6. The predicted octanol–water partition coefficient (Wildman–Crippen LogP) is 7.22. The molecule has 0 saturated carbocycles. The van der Waals surface area contributed by atoms with E-state index in [9.17, 15) is 30.4 Å². The van der Waals surface area contributed by atoms with Gasteiger partial charge in [-0.05, 0) is 36.8 Å². The summed E-state index contributed by atoms with van der Waals surface area (Å²) in [6, 6.07) is 15.2. The lowest BCUT2D eigenvalue weighted by molar-refractivity contribution is -0.140. The first kappa shape index (κ1) is 24.2. The molecule has 4 aromatic rings. The highest BCUT2D eigenvalue weighted by Crippen LogP contribution is 2.47. The van der Waals surface area contributed by atoms with Gasteiger partial charge in [0.25, 0.3) is 0 Å². The summed E-state index contributed by atoms with van der Waals surface area (Å²) in [7, 11) is -4.01. The third-order valence-electron chi connectivity index (χ3n) is 5.31. The number of hydrogen-bond donors (Lipinski definition) is 0. The van der Waals surface area contributed by atoms with Crippen molar-refractivity contribution < 1.29 is 30.4 Å². The van der Waals surface area contributed by atoms with Gasteiger partial charge in [0, 0.05) is 21.2 Å². The van der Waals surface area contributed by atoms with E-state index < -0.39 is 39.9 Å². The van der Waals surface area contributed by atoms with Crippen molar-refractivity contribution in [2.45, 2.75) is 19.6 Å². The Bertz CT molecular complexity index is 1460. The van der Waals surface area contributed by atoms with E-state index in [1.807, 2.05) is 0 Å². The Labute approximate surface area is 197 Å². The van der Waals surface area contributed by atoms with Gasteiger partial charge in [0.05, 0.1) is 17.9 Å². The van der Waals surface area contributed by atoms with Crippen molar-refractivity contribution >= 4 is 36.4 Å². The maximum Gasteiger partial charge on any atom is 0.419 e. The standard InChI is InChI=1S/C24H18F5NO2S2/c1-2-34(31,32)30(14-15-11-12-20(26)18(13-15)24(27,28)29)23-22(16-7-3-5-9-19(16)25)17-8-4-6-10-21(17)33-23/h3-13H,2,14H2,1H3. The minimum atomic E-state index is -4.94. The highest BCUT2D eigenvalue weighted by atomic mass is 32.2. The van der Waals surface area contributed by atoms with Crippen molar-refractivity contribution in [3.63, 3.8) is 0 Å². The number of rotatable bonds is 6. The molecule has 0 amide bonds. The Balaban J connectivity index is 1.95. The van der Waals surface area contributed by atoms with E-state index in [1.165, 1.54) is 25.1 Å². The fourth-order valence-electron chi connectivity index (χ4n) is 3.64. The zero-order valence-corrected chi connectivity index (χ0v) is 19.4. The number of sulfonamides is 1. The lowest BCUT2D eigenvalue weighted by Gasteiger charge is -2.24. The molecule has 3 aromatic carbocycles. The van der Waals surface area contributed by atoms with Crippen molar-refractivity contribution in [1.82, 2.24) is 0 Å². The predicted molar refractivity (Wildman–Crippen MR) is 124 cm³/mol. The number of thiophene rings is 1. The quantitative estimate of drug-likeness (QED) is 0.256. The van der Waals surface area contributed by atoms with Crippen molar-refractivity contribution in [3.05, 3.63) is 89.5 Å². The van der Waals surface area contributed by atoms with Gasteiger partial charge in [-0.1, -0.05) is 42.5 Å². The maximum absolute atomic E-state index is 14.8. The largest absolute Gasteiger partial charge is 0.419 e. The molecule has 0 aliphatic heterocycles. The van der Waals surface area contributed by atoms with Crippen LogP contribution in [0.1, 0.15) is 18.1 Å². The van der Waals surface area contributed by atoms with Crippen LogP contribution < -0.4 is 4.31 Å². The van der Waals surface area contributed by atoms with Gasteiger partial charge in [-0.3, -0.25) is 4.31 Å². The molecule has 0 N–H and O–H groups in total. The fourth-order valence-corrected chi connectivity index (χ4v) is 6.22. The van der Waals surface area contributed by atoms with E-state index in [4.69, 9.17) is 0 Å². The normalized spacial score (nSPS) is 12.3. The number of anilines is 1. The Morgan fingerprint density at radius 3 is 2.26 bits per heavy atom. The summed E-state index contributed by atoms with van der Waals surface area (Å²) >= 11 is 1.09. The summed E-state index contributed by atoms with van der Waals surface area (Å²) < 4.78 is 96.3. The van der Waals surface area contributed by atoms with E-state index in [0.717, 1.165) is 21.7 Å². The Hall–Kier alpha value is -2.98. The van der Waals surface area contributed by atoms with Crippen LogP contribution in [0.4, 0.5) is 27.0 Å². The van der Waals surface area contributed by atoms with Crippen LogP contribution in [0, 0.1) is 11.6 Å². The summed E-state index contributed by atoms with van der Waals surface area (Å²) in [6.07, 6.45) is -4.94. The summed E-state index contributed by atoms with van der Waals surface area (Å²) in [5.74, 6) is -2.36. The number of alkyl halides is 3. The number of benzene rings is 3. The van der Waals surface area contributed by atoms with Crippen molar-refractivity contribution in [2.24, 2.45) is 0 Å². The Morgan fingerprint density at radius 2 is 1.59 bits per heavy atom. The van der Waals surface area contributed by atoms with Gasteiger partial charge in [0.15, 0.2) is 0 Å². The SMILES string of the molecule is CCS(=O)(=O)N(Cc1ccc(F)c(C(F)(F)F)c1)c1sc2ccccc2c1-c1ccccc1F. The van der Waals surface area contributed by atoms with Crippen LogP contribution in [0.25, 0.3) is 21.2 Å². The molecule has 4 rings (SSSR count). The molecule has 0 atom stereocenters. The zero-order valence-electron chi connectivity index (χ0n) is 17.7. The van der Waals surface area contributed by atoms with Crippen molar-refractivity contribution in [1.29, 1.82) is 0 Å².